The fourth-order valence-electron chi connectivity index (χ4n) is 3.77. The first-order valence-electron chi connectivity index (χ1n) is 13.3. The second-order valence-corrected chi connectivity index (χ2v) is 13.4. The summed E-state index contributed by atoms with van der Waals surface area (Å²) in [7, 11) is 2.87. The lowest BCUT2D eigenvalue weighted by molar-refractivity contribution is -0.155. The lowest BCUT2D eigenvalue weighted by atomic mass is 10.0. The van der Waals surface area contributed by atoms with E-state index in [1.54, 1.807) is 46.8 Å². The van der Waals surface area contributed by atoms with Crippen LogP contribution in [-0.4, -0.2) is 83.4 Å². The summed E-state index contributed by atoms with van der Waals surface area (Å²) in [6, 6.07) is -3.18. The van der Waals surface area contributed by atoms with Crippen molar-refractivity contribution in [1.29, 1.82) is 0 Å². The first-order chi connectivity index (χ1) is 18.7. The molecule has 40 heavy (non-hydrogen) atoms. The Labute approximate surface area is 242 Å². The van der Waals surface area contributed by atoms with E-state index in [9.17, 15) is 28.8 Å². The average Bonchev–Trinajstić information content (AvgIpc) is 2.84. The largest absolute Gasteiger partial charge is 0.460 e. The molecule has 2 heterocycles. The summed E-state index contributed by atoms with van der Waals surface area (Å²) in [5, 5.41) is 10.5. The second-order valence-electron chi connectivity index (χ2n) is 10.8. The Morgan fingerprint density at radius 1 is 1.05 bits per heavy atom. The molecule has 4 amide bonds. The SMILES string of the molecule is CC(C)[C@H]1NC(=O)[C@H]2CSSCC/C=C/[C@H](CC(=O)N[C@H](CCC(=O)OC(C)(C)C)C(=O)N2)OC(=O)CNC1=O. The maximum Gasteiger partial charge on any atom is 0.326 e. The molecule has 0 aromatic carbocycles. The van der Waals surface area contributed by atoms with E-state index in [-0.39, 0.29) is 30.9 Å². The minimum atomic E-state index is -1.17. The monoisotopic (exact) mass is 600 g/mol. The summed E-state index contributed by atoms with van der Waals surface area (Å²) in [5.41, 5.74) is -0.726. The summed E-state index contributed by atoms with van der Waals surface area (Å²) in [4.78, 5) is 77.4. The summed E-state index contributed by atoms with van der Waals surface area (Å²) in [6.07, 6.45) is 2.53. The van der Waals surface area contributed by atoms with Crippen LogP contribution in [0.1, 0.15) is 60.3 Å². The highest BCUT2D eigenvalue weighted by Crippen LogP contribution is 2.24. The van der Waals surface area contributed by atoms with Crippen molar-refractivity contribution in [3.8, 4) is 0 Å². The molecule has 12 nitrogen and oxygen atoms in total. The Morgan fingerprint density at radius 2 is 1.77 bits per heavy atom. The highest BCUT2D eigenvalue weighted by atomic mass is 33.1. The van der Waals surface area contributed by atoms with Crippen LogP contribution in [0.2, 0.25) is 0 Å². The molecule has 0 aromatic heterocycles. The predicted molar refractivity (Wildman–Crippen MR) is 152 cm³/mol. The average molecular weight is 601 g/mol. The van der Waals surface area contributed by atoms with E-state index in [4.69, 9.17) is 9.47 Å². The van der Waals surface area contributed by atoms with Gasteiger partial charge in [0.2, 0.25) is 23.6 Å². The highest BCUT2D eigenvalue weighted by molar-refractivity contribution is 8.76. The molecule has 0 unspecified atom stereocenters. The van der Waals surface area contributed by atoms with Gasteiger partial charge >= 0.3 is 11.9 Å². The lowest BCUT2D eigenvalue weighted by Gasteiger charge is -2.27. The van der Waals surface area contributed by atoms with Gasteiger partial charge < -0.3 is 30.7 Å². The molecule has 4 atom stereocenters. The molecule has 4 N–H and O–H groups in total. The molecule has 224 valence electrons. The van der Waals surface area contributed by atoms with Gasteiger partial charge in [-0.2, -0.15) is 0 Å². The molecule has 0 aromatic rings. The molecule has 2 aliphatic heterocycles. The Bertz CT molecular complexity index is 982. The molecule has 1 saturated heterocycles. The Kier molecular flexibility index (Phi) is 13.3. The van der Waals surface area contributed by atoms with Crippen LogP contribution in [0.5, 0.6) is 0 Å². The highest BCUT2D eigenvalue weighted by Gasteiger charge is 2.32. The Balaban J connectivity index is 2.42. The van der Waals surface area contributed by atoms with Crippen molar-refractivity contribution in [2.24, 2.45) is 5.92 Å². The molecule has 1 fully saturated rings. The van der Waals surface area contributed by atoms with Crippen molar-refractivity contribution in [3.63, 3.8) is 0 Å². The fourth-order valence-corrected chi connectivity index (χ4v) is 5.93. The van der Waals surface area contributed by atoms with E-state index in [0.29, 0.717) is 12.2 Å². The van der Waals surface area contributed by atoms with Crippen LogP contribution in [0, 0.1) is 5.92 Å². The van der Waals surface area contributed by atoms with Gasteiger partial charge in [-0.25, -0.2) is 0 Å². The van der Waals surface area contributed by atoms with Crippen LogP contribution in [0.4, 0.5) is 0 Å². The molecule has 2 aliphatic rings. The number of hydrogen-bond acceptors (Lipinski definition) is 10. The summed E-state index contributed by atoms with van der Waals surface area (Å²) >= 11 is 0. The van der Waals surface area contributed by atoms with Gasteiger partial charge in [0.1, 0.15) is 36.4 Å². The molecule has 2 rings (SSSR count). The topological polar surface area (TPSA) is 169 Å². The minimum Gasteiger partial charge on any atom is -0.460 e. The van der Waals surface area contributed by atoms with Crippen LogP contribution >= 0.6 is 21.6 Å². The number of esters is 2. The number of fused-ring (bicyclic) bond motifs is 7. The molecule has 0 aliphatic carbocycles. The fraction of sp³-hybridized carbons (Fsp3) is 0.692. The van der Waals surface area contributed by atoms with Crippen LogP contribution in [0.15, 0.2) is 12.2 Å². The van der Waals surface area contributed by atoms with Gasteiger partial charge in [0.15, 0.2) is 0 Å². The Morgan fingerprint density at radius 3 is 2.45 bits per heavy atom. The molecule has 14 heteroatoms. The molecular formula is C26H40N4O8S2. The smallest absolute Gasteiger partial charge is 0.326 e. The van der Waals surface area contributed by atoms with Gasteiger partial charge in [0.25, 0.3) is 0 Å². The van der Waals surface area contributed by atoms with Crippen molar-refractivity contribution in [3.05, 3.63) is 12.2 Å². The number of carbonyl (C=O) groups is 6. The number of nitrogens with one attached hydrogen (secondary N) is 4. The third kappa shape index (κ3) is 12.2. The number of rotatable bonds is 4. The summed E-state index contributed by atoms with van der Waals surface area (Å²) in [5.74, 6) is -3.20. The van der Waals surface area contributed by atoms with E-state index >= 15 is 0 Å². The van der Waals surface area contributed by atoms with Gasteiger partial charge in [0.05, 0.1) is 6.42 Å². The first kappa shape index (κ1) is 33.5. The molecule has 0 saturated carbocycles. The zero-order valence-electron chi connectivity index (χ0n) is 23.6. The van der Waals surface area contributed by atoms with Gasteiger partial charge in [-0.15, -0.1) is 0 Å². The standard InChI is InChI=1S/C26H40N4O8S2/c1-15(2)22-25(36)27-13-21(33)37-16-8-6-7-11-39-40-14-18(24(35)30-22)29-23(34)17(28-19(31)12-16)9-10-20(32)38-26(3,4)5/h6,8,15-18,22H,7,9-14H2,1-5H3,(H,27,36)(H,28,31)(H,29,34)(H,30,35)/b8-6+/t16-,17-,18-,22-/m1/s1. The number of hydrogen-bond donors (Lipinski definition) is 4. The number of allylic oxidation sites excluding steroid dienone is 1. The zero-order chi connectivity index (χ0) is 29.9. The van der Waals surface area contributed by atoms with Gasteiger partial charge in [-0.05, 0) is 45.6 Å². The van der Waals surface area contributed by atoms with Crippen LogP contribution in [0.25, 0.3) is 0 Å². The molecule has 2 bridgehead atoms. The van der Waals surface area contributed by atoms with Crippen molar-refractivity contribution < 1.29 is 38.2 Å². The van der Waals surface area contributed by atoms with Gasteiger partial charge in [0, 0.05) is 17.9 Å². The maximum absolute atomic E-state index is 13.4. The third-order valence-corrected chi connectivity index (χ3v) is 8.15. The number of amides is 4. The molecule has 0 spiro atoms. The minimum absolute atomic E-state index is 0.0833. The first-order valence-corrected chi connectivity index (χ1v) is 15.7. The zero-order valence-corrected chi connectivity index (χ0v) is 25.2. The number of ether oxygens (including phenoxy) is 2. The normalized spacial score (nSPS) is 26.9. The van der Waals surface area contributed by atoms with Crippen molar-refractivity contribution in [1.82, 2.24) is 21.3 Å². The van der Waals surface area contributed by atoms with E-state index in [0.717, 1.165) is 0 Å². The summed E-state index contributed by atoms with van der Waals surface area (Å²) < 4.78 is 10.8. The Hall–Kier alpha value is -2.74. The van der Waals surface area contributed by atoms with Crippen LogP contribution in [-0.2, 0) is 38.2 Å². The molecule has 0 radical (unpaired) electrons. The van der Waals surface area contributed by atoms with Gasteiger partial charge in [-0.1, -0.05) is 41.5 Å². The van der Waals surface area contributed by atoms with E-state index in [1.807, 2.05) is 0 Å². The van der Waals surface area contributed by atoms with E-state index in [2.05, 4.69) is 21.3 Å². The quantitative estimate of drug-likeness (QED) is 0.207. The van der Waals surface area contributed by atoms with Crippen LogP contribution < -0.4 is 21.3 Å². The van der Waals surface area contributed by atoms with Crippen molar-refractivity contribution in [2.75, 3.05) is 18.1 Å². The van der Waals surface area contributed by atoms with Crippen molar-refractivity contribution >= 4 is 57.2 Å². The van der Waals surface area contributed by atoms with Crippen LogP contribution in [0.3, 0.4) is 0 Å². The third-order valence-electron chi connectivity index (χ3n) is 5.70. The predicted octanol–water partition coefficient (Wildman–Crippen LogP) is 0.992. The second kappa shape index (κ2) is 15.9. The lowest BCUT2D eigenvalue weighted by Crippen LogP contribution is -2.59. The van der Waals surface area contributed by atoms with Crippen molar-refractivity contribution in [2.45, 2.75) is 90.1 Å². The number of carbonyl (C=O) groups excluding carboxylic acids is 6. The summed E-state index contributed by atoms with van der Waals surface area (Å²) in [6.45, 7) is 8.19. The molecular weight excluding hydrogens is 560 g/mol. The van der Waals surface area contributed by atoms with Gasteiger partial charge in [-0.3, -0.25) is 28.8 Å². The van der Waals surface area contributed by atoms with E-state index < -0.39 is 71.9 Å². The van der Waals surface area contributed by atoms with E-state index in [1.165, 1.54) is 21.6 Å². The maximum atomic E-state index is 13.4.